The van der Waals surface area contributed by atoms with Crippen LogP contribution in [-0.4, -0.2) is 18.1 Å². The summed E-state index contributed by atoms with van der Waals surface area (Å²) in [5, 5.41) is 5.93. The molecule has 0 radical (unpaired) electrons. The van der Waals surface area contributed by atoms with Crippen molar-refractivity contribution in [3.05, 3.63) is 24.3 Å². The Hall–Kier alpha value is -1.25. The van der Waals surface area contributed by atoms with Gasteiger partial charge in [0.2, 0.25) is 0 Å². The van der Waals surface area contributed by atoms with Gasteiger partial charge in [0.05, 0.1) is 12.1 Å². The smallest absolute Gasteiger partial charge is 0.315 e. The minimum atomic E-state index is -0.154. The number of urea groups is 1. The number of hydrogen-bond donors (Lipinski definition) is 2. The van der Waals surface area contributed by atoms with Crippen molar-refractivity contribution in [3.63, 3.8) is 0 Å². The summed E-state index contributed by atoms with van der Waals surface area (Å²) in [4.78, 5) is 12.0. The molecule has 0 saturated heterocycles. The van der Waals surface area contributed by atoms with Crippen LogP contribution in [0.25, 0.3) is 0 Å². The van der Waals surface area contributed by atoms with Crippen LogP contribution in [0.1, 0.15) is 41.5 Å². The summed E-state index contributed by atoms with van der Waals surface area (Å²) >= 11 is 0. The molecule has 0 unspecified atom stereocenters. The van der Waals surface area contributed by atoms with Crippen LogP contribution in [0.5, 0.6) is 0 Å². The standard InChI is InChI=1S/C15H28N2O/c1-9(2)13(10(3)4)16-15(18)17-14(11(5)6)12(7)8/h10,12-14H,1,5H2,2-4,6-8H3,(H2,16,17,18)/t13-,14-/m1/s1. The largest absolute Gasteiger partial charge is 0.331 e. The molecule has 0 rings (SSSR count). The molecule has 0 bridgehead atoms. The molecule has 2 N–H and O–H groups in total. The Kier molecular flexibility index (Phi) is 6.74. The van der Waals surface area contributed by atoms with Crippen molar-refractivity contribution in [1.82, 2.24) is 10.6 Å². The molecule has 0 aromatic rings. The molecule has 18 heavy (non-hydrogen) atoms. The van der Waals surface area contributed by atoms with E-state index in [2.05, 4.69) is 51.5 Å². The molecule has 0 aliphatic rings. The SMILES string of the molecule is C=C(C)[C@@H](NC(=O)N[C@H](C(=C)C)C(C)C)C(C)C. The second-order valence-corrected chi connectivity index (χ2v) is 5.75. The summed E-state index contributed by atoms with van der Waals surface area (Å²) in [6.45, 7) is 20.0. The highest BCUT2D eigenvalue weighted by Crippen LogP contribution is 2.12. The van der Waals surface area contributed by atoms with Crippen molar-refractivity contribution < 1.29 is 4.79 Å². The molecule has 3 nitrogen and oxygen atoms in total. The van der Waals surface area contributed by atoms with Crippen LogP contribution in [0.2, 0.25) is 0 Å². The number of hydrogen-bond acceptors (Lipinski definition) is 1. The van der Waals surface area contributed by atoms with E-state index in [-0.39, 0.29) is 18.1 Å². The van der Waals surface area contributed by atoms with E-state index in [0.29, 0.717) is 11.8 Å². The van der Waals surface area contributed by atoms with Crippen LogP contribution >= 0.6 is 0 Å². The summed E-state index contributed by atoms with van der Waals surface area (Å²) in [7, 11) is 0. The second-order valence-electron chi connectivity index (χ2n) is 5.75. The van der Waals surface area contributed by atoms with Crippen molar-refractivity contribution in [1.29, 1.82) is 0 Å². The van der Waals surface area contributed by atoms with Crippen LogP contribution in [0.4, 0.5) is 4.79 Å². The Morgan fingerprint density at radius 1 is 0.833 bits per heavy atom. The Bertz CT molecular complexity index is 288. The average molecular weight is 252 g/mol. The minimum Gasteiger partial charge on any atom is -0.331 e. The fourth-order valence-corrected chi connectivity index (χ4v) is 2.04. The Morgan fingerprint density at radius 3 is 1.28 bits per heavy atom. The molecular weight excluding hydrogens is 224 g/mol. The molecule has 0 saturated carbocycles. The lowest BCUT2D eigenvalue weighted by Crippen LogP contribution is -2.49. The van der Waals surface area contributed by atoms with Crippen LogP contribution in [0.15, 0.2) is 24.3 Å². The van der Waals surface area contributed by atoms with Gasteiger partial charge >= 0.3 is 6.03 Å². The fraction of sp³-hybridized carbons (Fsp3) is 0.667. The first-order valence-corrected chi connectivity index (χ1v) is 6.54. The van der Waals surface area contributed by atoms with Crippen molar-refractivity contribution in [2.45, 2.75) is 53.6 Å². The van der Waals surface area contributed by atoms with E-state index in [0.717, 1.165) is 11.1 Å². The third-order valence-corrected chi connectivity index (χ3v) is 2.97. The molecule has 0 aromatic carbocycles. The Labute approximate surface area is 112 Å². The van der Waals surface area contributed by atoms with Crippen molar-refractivity contribution in [2.75, 3.05) is 0 Å². The zero-order valence-corrected chi connectivity index (χ0v) is 12.6. The predicted molar refractivity (Wildman–Crippen MR) is 78.5 cm³/mol. The Balaban J connectivity index is 4.57. The lowest BCUT2D eigenvalue weighted by molar-refractivity contribution is 0.230. The fourth-order valence-electron chi connectivity index (χ4n) is 2.04. The lowest BCUT2D eigenvalue weighted by Gasteiger charge is -2.27. The van der Waals surface area contributed by atoms with Gasteiger partial charge in [0, 0.05) is 0 Å². The molecule has 2 amide bonds. The lowest BCUT2D eigenvalue weighted by atomic mass is 9.97. The maximum Gasteiger partial charge on any atom is 0.315 e. The molecule has 0 aromatic heterocycles. The van der Waals surface area contributed by atoms with Gasteiger partial charge < -0.3 is 10.6 Å². The second kappa shape index (κ2) is 7.24. The van der Waals surface area contributed by atoms with Crippen LogP contribution in [-0.2, 0) is 0 Å². The first-order chi connectivity index (χ1) is 8.16. The highest BCUT2D eigenvalue weighted by atomic mass is 16.2. The summed E-state index contributed by atoms with van der Waals surface area (Å²) in [5.74, 6) is 0.658. The predicted octanol–water partition coefficient (Wildman–Crippen LogP) is 3.49. The summed E-state index contributed by atoms with van der Waals surface area (Å²) < 4.78 is 0. The molecule has 0 heterocycles. The van der Waals surface area contributed by atoms with E-state index in [9.17, 15) is 4.79 Å². The third-order valence-electron chi connectivity index (χ3n) is 2.97. The maximum absolute atomic E-state index is 12.0. The molecule has 104 valence electrons. The van der Waals surface area contributed by atoms with Crippen LogP contribution in [0, 0.1) is 11.8 Å². The van der Waals surface area contributed by atoms with E-state index in [4.69, 9.17) is 0 Å². The highest BCUT2D eigenvalue weighted by Gasteiger charge is 2.20. The van der Waals surface area contributed by atoms with E-state index < -0.39 is 0 Å². The molecule has 0 aliphatic carbocycles. The van der Waals surface area contributed by atoms with E-state index in [1.807, 2.05) is 13.8 Å². The molecular formula is C15H28N2O. The zero-order chi connectivity index (χ0) is 14.5. The molecule has 0 aliphatic heterocycles. The van der Waals surface area contributed by atoms with Gasteiger partial charge in [-0.25, -0.2) is 4.79 Å². The van der Waals surface area contributed by atoms with E-state index >= 15 is 0 Å². The van der Waals surface area contributed by atoms with Crippen LogP contribution in [0.3, 0.4) is 0 Å². The Morgan fingerprint density at radius 2 is 1.11 bits per heavy atom. The third kappa shape index (κ3) is 5.39. The number of carbonyl (C=O) groups is 1. The first kappa shape index (κ1) is 16.8. The first-order valence-electron chi connectivity index (χ1n) is 6.54. The molecule has 0 spiro atoms. The van der Waals surface area contributed by atoms with Crippen molar-refractivity contribution >= 4 is 6.03 Å². The summed E-state index contributed by atoms with van der Waals surface area (Å²) in [6.07, 6.45) is 0. The topological polar surface area (TPSA) is 41.1 Å². The van der Waals surface area contributed by atoms with Gasteiger partial charge in [-0.3, -0.25) is 0 Å². The van der Waals surface area contributed by atoms with Gasteiger partial charge in [-0.05, 0) is 25.7 Å². The van der Waals surface area contributed by atoms with Crippen molar-refractivity contribution in [3.8, 4) is 0 Å². The van der Waals surface area contributed by atoms with E-state index in [1.54, 1.807) is 0 Å². The zero-order valence-electron chi connectivity index (χ0n) is 12.6. The molecule has 2 atom stereocenters. The number of amides is 2. The number of nitrogens with one attached hydrogen (secondary N) is 2. The van der Waals surface area contributed by atoms with E-state index in [1.165, 1.54) is 0 Å². The van der Waals surface area contributed by atoms with Gasteiger partial charge in [-0.1, -0.05) is 52.0 Å². The quantitative estimate of drug-likeness (QED) is 0.698. The van der Waals surface area contributed by atoms with Gasteiger partial charge in [0.25, 0.3) is 0 Å². The molecule has 3 heteroatoms. The average Bonchev–Trinajstić information content (AvgIpc) is 2.20. The van der Waals surface area contributed by atoms with Gasteiger partial charge in [-0.15, -0.1) is 0 Å². The molecule has 0 fully saturated rings. The van der Waals surface area contributed by atoms with Crippen LogP contribution < -0.4 is 10.6 Å². The number of carbonyl (C=O) groups excluding carboxylic acids is 1. The monoisotopic (exact) mass is 252 g/mol. The van der Waals surface area contributed by atoms with Crippen molar-refractivity contribution in [2.24, 2.45) is 11.8 Å². The normalized spacial score (nSPS) is 14.2. The maximum atomic E-state index is 12.0. The summed E-state index contributed by atoms with van der Waals surface area (Å²) in [6, 6.07) is -0.149. The van der Waals surface area contributed by atoms with Gasteiger partial charge in [0.1, 0.15) is 0 Å². The highest BCUT2D eigenvalue weighted by molar-refractivity contribution is 5.75. The minimum absolute atomic E-state index is 0.00272. The number of rotatable bonds is 6. The van der Waals surface area contributed by atoms with Gasteiger partial charge in [-0.2, -0.15) is 0 Å². The van der Waals surface area contributed by atoms with Gasteiger partial charge in [0.15, 0.2) is 0 Å². The summed E-state index contributed by atoms with van der Waals surface area (Å²) in [5.41, 5.74) is 1.94.